The molecule has 2 aromatic heterocycles. The lowest BCUT2D eigenvalue weighted by atomic mass is 10.1. The van der Waals surface area contributed by atoms with Crippen LogP contribution in [0.4, 0.5) is 10.9 Å². The fraction of sp³-hybridized carbons (Fsp3) is 0.273. The average Bonchev–Trinajstić information content (AvgIpc) is 2.62. The van der Waals surface area contributed by atoms with Crippen LogP contribution in [0.1, 0.15) is 22.6 Å². The van der Waals surface area contributed by atoms with Gasteiger partial charge in [0.05, 0.1) is 5.56 Å². The first-order valence-electron chi connectivity index (χ1n) is 5.32. The molecule has 0 amide bonds. The quantitative estimate of drug-likeness (QED) is 0.839. The maximum Gasteiger partial charge on any atom is 0.208 e. The molecule has 0 aliphatic rings. The van der Waals surface area contributed by atoms with Gasteiger partial charge in [-0.15, -0.1) is 0 Å². The fourth-order valence-electron chi connectivity index (χ4n) is 1.69. The molecule has 7 heteroatoms. The maximum absolute atomic E-state index is 5.74. The molecule has 18 heavy (non-hydrogen) atoms. The Balaban J connectivity index is 2.45. The van der Waals surface area contributed by atoms with Gasteiger partial charge in [-0.25, -0.2) is 9.97 Å². The molecule has 0 aromatic carbocycles. The Hall–Kier alpha value is -1.60. The first-order valence-corrected chi connectivity index (χ1v) is 6.51. The standard InChI is InChI=1S/C11H13N5S2/c1-5-4-6(2)13-10(8(5)9(12)17)15-11-14-7(3)16-18-11/h4H,1-3H3,(H2,12,17)(H,13,14,15,16). The van der Waals surface area contributed by atoms with Crippen LogP contribution in [-0.2, 0) is 0 Å². The summed E-state index contributed by atoms with van der Waals surface area (Å²) < 4.78 is 4.11. The van der Waals surface area contributed by atoms with Gasteiger partial charge in [0, 0.05) is 17.2 Å². The summed E-state index contributed by atoms with van der Waals surface area (Å²) in [5.74, 6) is 1.36. The summed E-state index contributed by atoms with van der Waals surface area (Å²) in [4.78, 5) is 8.98. The number of nitrogens with two attached hydrogens (primary N) is 1. The second-order valence-electron chi connectivity index (χ2n) is 3.94. The van der Waals surface area contributed by atoms with Crippen molar-refractivity contribution in [2.45, 2.75) is 20.8 Å². The summed E-state index contributed by atoms with van der Waals surface area (Å²) in [6.45, 7) is 5.72. The van der Waals surface area contributed by atoms with Gasteiger partial charge in [0.1, 0.15) is 16.6 Å². The highest BCUT2D eigenvalue weighted by Gasteiger charge is 2.13. The molecule has 0 aliphatic carbocycles. The molecule has 2 rings (SSSR count). The predicted molar refractivity (Wildman–Crippen MR) is 77.5 cm³/mol. The van der Waals surface area contributed by atoms with Crippen molar-refractivity contribution in [2.75, 3.05) is 5.32 Å². The molecule has 0 atom stereocenters. The van der Waals surface area contributed by atoms with Gasteiger partial charge in [-0.2, -0.15) is 4.37 Å². The van der Waals surface area contributed by atoms with Gasteiger partial charge in [-0.3, -0.25) is 0 Å². The van der Waals surface area contributed by atoms with Gasteiger partial charge < -0.3 is 11.1 Å². The van der Waals surface area contributed by atoms with Crippen LogP contribution in [0.25, 0.3) is 0 Å². The molecule has 0 unspecified atom stereocenters. The number of anilines is 2. The molecule has 0 fully saturated rings. The van der Waals surface area contributed by atoms with Crippen LogP contribution in [0.2, 0.25) is 0 Å². The third kappa shape index (κ3) is 2.62. The van der Waals surface area contributed by atoms with E-state index in [0.29, 0.717) is 15.9 Å². The Bertz CT molecular complexity index is 605. The molecule has 0 bridgehead atoms. The molecule has 5 nitrogen and oxygen atoms in total. The van der Waals surface area contributed by atoms with E-state index in [1.165, 1.54) is 11.5 Å². The van der Waals surface area contributed by atoms with Gasteiger partial charge in [0.15, 0.2) is 0 Å². The minimum atomic E-state index is 0.323. The van der Waals surface area contributed by atoms with Crippen LogP contribution in [0.5, 0.6) is 0 Å². The molecule has 2 aromatic rings. The van der Waals surface area contributed by atoms with E-state index in [2.05, 4.69) is 19.7 Å². The summed E-state index contributed by atoms with van der Waals surface area (Å²) in [6, 6.07) is 1.95. The third-order valence-corrected chi connectivity index (χ3v) is 3.27. The van der Waals surface area contributed by atoms with Crippen LogP contribution in [0.3, 0.4) is 0 Å². The first-order chi connectivity index (χ1) is 8.47. The normalized spacial score (nSPS) is 10.4. The van der Waals surface area contributed by atoms with Crippen molar-refractivity contribution in [3.05, 3.63) is 28.7 Å². The average molecular weight is 279 g/mol. The van der Waals surface area contributed by atoms with E-state index >= 15 is 0 Å². The lowest BCUT2D eigenvalue weighted by molar-refractivity contribution is 1.14. The summed E-state index contributed by atoms with van der Waals surface area (Å²) in [5, 5.41) is 3.81. The lowest BCUT2D eigenvalue weighted by Gasteiger charge is -2.11. The minimum absolute atomic E-state index is 0.323. The molecule has 0 spiro atoms. The topological polar surface area (TPSA) is 76.7 Å². The van der Waals surface area contributed by atoms with Crippen molar-refractivity contribution >= 4 is 39.7 Å². The van der Waals surface area contributed by atoms with E-state index in [4.69, 9.17) is 18.0 Å². The summed E-state index contributed by atoms with van der Waals surface area (Å²) in [6.07, 6.45) is 0. The van der Waals surface area contributed by atoms with Crippen molar-refractivity contribution < 1.29 is 0 Å². The predicted octanol–water partition coefficient (Wildman–Crippen LogP) is 2.24. The second kappa shape index (κ2) is 4.95. The van der Waals surface area contributed by atoms with E-state index in [-0.39, 0.29) is 0 Å². The molecular formula is C11H13N5S2. The van der Waals surface area contributed by atoms with Crippen molar-refractivity contribution in [1.82, 2.24) is 14.3 Å². The van der Waals surface area contributed by atoms with Crippen LogP contribution in [-0.4, -0.2) is 19.3 Å². The molecule has 94 valence electrons. The van der Waals surface area contributed by atoms with Crippen LogP contribution >= 0.6 is 23.8 Å². The third-order valence-electron chi connectivity index (χ3n) is 2.34. The Labute approximate surface area is 115 Å². The van der Waals surface area contributed by atoms with Crippen molar-refractivity contribution in [2.24, 2.45) is 5.73 Å². The fourth-order valence-corrected chi connectivity index (χ4v) is 2.52. The van der Waals surface area contributed by atoms with Crippen LogP contribution in [0.15, 0.2) is 6.07 Å². The van der Waals surface area contributed by atoms with Gasteiger partial charge in [-0.1, -0.05) is 12.2 Å². The SMILES string of the molecule is Cc1cc(C)c(C(N)=S)c(Nc2nc(C)ns2)n1. The number of nitrogens with one attached hydrogen (secondary N) is 1. The van der Waals surface area contributed by atoms with Crippen molar-refractivity contribution in [3.8, 4) is 0 Å². The number of aryl methyl sites for hydroxylation is 3. The molecule has 0 saturated carbocycles. The molecule has 0 radical (unpaired) electrons. The molecule has 0 saturated heterocycles. The highest BCUT2D eigenvalue weighted by molar-refractivity contribution is 7.80. The summed E-state index contributed by atoms with van der Waals surface area (Å²) >= 11 is 6.35. The van der Waals surface area contributed by atoms with E-state index in [1.54, 1.807) is 0 Å². The molecule has 0 aliphatic heterocycles. The largest absolute Gasteiger partial charge is 0.389 e. The Morgan fingerprint density at radius 1 is 1.33 bits per heavy atom. The Morgan fingerprint density at radius 2 is 2.06 bits per heavy atom. The highest BCUT2D eigenvalue weighted by atomic mass is 32.1. The Kier molecular flexibility index (Phi) is 3.53. The van der Waals surface area contributed by atoms with Crippen molar-refractivity contribution in [1.29, 1.82) is 0 Å². The minimum Gasteiger partial charge on any atom is -0.389 e. The Morgan fingerprint density at radius 3 is 2.61 bits per heavy atom. The van der Waals surface area contributed by atoms with Gasteiger partial charge >= 0.3 is 0 Å². The van der Waals surface area contributed by atoms with E-state index < -0.39 is 0 Å². The number of thiocarbonyl (C=S) groups is 1. The van der Waals surface area contributed by atoms with Crippen LogP contribution < -0.4 is 11.1 Å². The summed E-state index contributed by atoms with van der Waals surface area (Å²) in [7, 11) is 0. The number of aromatic nitrogens is 3. The number of hydrogen-bond donors (Lipinski definition) is 2. The van der Waals surface area contributed by atoms with Gasteiger partial charge in [0.2, 0.25) is 5.13 Å². The zero-order valence-corrected chi connectivity index (χ0v) is 11.9. The molecular weight excluding hydrogens is 266 g/mol. The van der Waals surface area contributed by atoms with Gasteiger partial charge in [0.25, 0.3) is 0 Å². The van der Waals surface area contributed by atoms with E-state index in [9.17, 15) is 0 Å². The number of hydrogen-bond acceptors (Lipinski definition) is 6. The summed E-state index contributed by atoms with van der Waals surface area (Å²) in [5.41, 5.74) is 8.39. The highest BCUT2D eigenvalue weighted by Crippen LogP contribution is 2.23. The van der Waals surface area contributed by atoms with Crippen molar-refractivity contribution in [3.63, 3.8) is 0 Å². The zero-order chi connectivity index (χ0) is 13.3. The first kappa shape index (κ1) is 12.8. The smallest absolute Gasteiger partial charge is 0.208 e. The molecule has 3 N–H and O–H groups in total. The molecule has 2 heterocycles. The second-order valence-corrected chi connectivity index (χ2v) is 5.13. The zero-order valence-electron chi connectivity index (χ0n) is 10.3. The lowest BCUT2D eigenvalue weighted by Crippen LogP contribution is -2.15. The maximum atomic E-state index is 5.74. The number of nitrogens with zero attached hydrogens (tertiary/aromatic N) is 3. The number of pyridine rings is 1. The van der Waals surface area contributed by atoms with E-state index in [0.717, 1.165) is 22.6 Å². The van der Waals surface area contributed by atoms with Crippen LogP contribution in [0, 0.1) is 20.8 Å². The monoisotopic (exact) mass is 279 g/mol. The number of rotatable bonds is 3. The van der Waals surface area contributed by atoms with E-state index in [1.807, 2.05) is 26.8 Å². The van der Waals surface area contributed by atoms with Gasteiger partial charge in [-0.05, 0) is 32.4 Å².